The van der Waals surface area contributed by atoms with Gasteiger partial charge in [-0.05, 0) is 271 Å². The van der Waals surface area contributed by atoms with Crippen molar-refractivity contribution in [2.75, 3.05) is 47.7 Å². The van der Waals surface area contributed by atoms with E-state index in [2.05, 4.69) is 0 Å². The van der Waals surface area contributed by atoms with Crippen LogP contribution in [-0.2, 0) is 109 Å². The topological polar surface area (TPSA) is 284 Å². The summed E-state index contributed by atoms with van der Waals surface area (Å²) in [6.07, 6.45) is -4.75. The van der Waals surface area contributed by atoms with E-state index in [0.29, 0.717) is 62.7 Å². The minimum Gasteiger partial charge on any atom is -0.466 e. The molecule has 0 spiro atoms. The fourth-order valence-corrected chi connectivity index (χ4v) is 37.7. The van der Waals surface area contributed by atoms with Gasteiger partial charge in [-0.15, -0.1) is 0 Å². The molecule has 24 nitrogen and oxygen atoms in total. The normalized spacial score (nSPS) is 20.7. The monoisotopic (exact) mass is 1790 g/mol. The maximum Gasteiger partial charge on any atom is 0.475 e. The molecule has 0 bridgehead atoms. The first-order valence-electron chi connectivity index (χ1n) is 39.0. The summed E-state index contributed by atoms with van der Waals surface area (Å²) in [5.74, 6) is 0.901. The van der Waals surface area contributed by atoms with Crippen LogP contribution in [0, 0.1) is 47.3 Å². The molecule has 0 heterocycles. The van der Waals surface area contributed by atoms with Gasteiger partial charge >= 0.3 is 54.6 Å². The largest absolute Gasteiger partial charge is 0.475 e. The Labute approximate surface area is 680 Å². The Bertz CT molecular complexity index is 2410. The van der Waals surface area contributed by atoms with Gasteiger partial charge in [0.05, 0.1) is 105 Å². The van der Waals surface area contributed by atoms with Crippen molar-refractivity contribution >= 4 is 123 Å². The lowest BCUT2D eigenvalue weighted by molar-refractivity contribution is -0.142. The molecule has 0 N–H and O–H groups in total. The molecule has 0 radical (unpaired) electrons. The average molecular weight is 1800 g/mol. The quantitative estimate of drug-likeness (QED) is 0.0404. The first-order chi connectivity index (χ1) is 49.5. The summed E-state index contributed by atoms with van der Waals surface area (Å²) in [5, 5.41) is 0. The molecule has 0 aromatic carbocycles. The molecule has 15 atom stereocenters. The molecule has 0 amide bonds. The Kier molecular flexibility index (Phi) is 56.8. The summed E-state index contributed by atoms with van der Waals surface area (Å²) in [4.78, 5) is 12.8. The van der Waals surface area contributed by atoms with Crippen LogP contribution in [0.3, 0.4) is 0 Å². The van der Waals surface area contributed by atoms with E-state index in [4.69, 9.17) is 72.6 Å². The van der Waals surface area contributed by atoms with Gasteiger partial charge < -0.3 is 4.74 Å². The Morgan fingerprint density at radius 1 is 0.250 bits per heavy atom. The molecule has 0 aromatic rings. The standard InChI is InChI=1S/C71H149O24P7S6/c1-32-80-71(72)33-34-103-97(74,92-65(26)43-81-96(73,82-66(27)44-104-98(75,84-57(18)35-49(2)3)85-58(19)36-50(4)5)83-67(28)45-105-99(76,86-59(20)37-51(6)7)87-60(21)38-52(8)9)93-68(29)46-108-102(79,94-69(30)47-106-100(77,88-61(22)39-53(10)11)89-62(23)40-54(12)13)95-70(31)48-107-101(78,90-63(24)41-55(14)15)91-64(25)42-56(16)17/h49-70H,32-48H2,1-31H3. The lowest BCUT2D eigenvalue weighted by atomic mass is 10.1. The van der Waals surface area contributed by atoms with E-state index in [0.717, 1.165) is 56.9 Å². The second-order valence-electron chi connectivity index (χ2n) is 32.2. The van der Waals surface area contributed by atoms with Crippen LogP contribution in [0.2, 0.25) is 0 Å². The molecule has 0 aliphatic carbocycles. The second-order valence-corrected chi connectivity index (χ2v) is 57.9. The van der Waals surface area contributed by atoms with Crippen molar-refractivity contribution in [1.82, 2.24) is 0 Å². The van der Waals surface area contributed by atoms with Crippen LogP contribution >= 0.6 is 117 Å². The van der Waals surface area contributed by atoms with Crippen LogP contribution in [0.4, 0.5) is 0 Å². The van der Waals surface area contributed by atoms with E-state index in [9.17, 15) is 23.1 Å². The van der Waals surface area contributed by atoms with Gasteiger partial charge in [0.1, 0.15) is 0 Å². The molecular formula is C71H149O24P7S6. The van der Waals surface area contributed by atoms with Crippen LogP contribution in [0.15, 0.2) is 0 Å². The summed E-state index contributed by atoms with van der Waals surface area (Å²) < 4.78 is 204. The van der Waals surface area contributed by atoms with Gasteiger partial charge in [-0.3, -0.25) is 72.7 Å². The maximum atomic E-state index is 15.6. The molecule has 15 unspecified atom stereocenters. The van der Waals surface area contributed by atoms with Gasteiger partial charge in [-0.2, -0.15) is 0 Å². The molecule has 0 saturated heterocycles. The maximum absolute atomic E-state index is 15.6. The number of carbonyl (C=O) groups excluding carboxylic acids is 1. The summed E-state index contributed by atoms with van der Waals surface area (Å²) in [6.45, 7) is 33.9. The Hall–Kier alpha value is 2.58. The highest BCUT2D eigenvalue weighted by Gasteiger charge is 2.43. The third kappa shape index (κ3) is 55.4. The smallest absolute Gasteiger partial charge is 0.466 e. The first-order valence-corrected chi connectivity index (χ1v) is 59.3. The van der Waals surface area contributed by atoms with Gasteiger partial charge in [-0.1, -0.05) is 111 Å². The van der Waals surface area contributed by atoms with Crippen molar-refractivity contribution in [3.8, 4) is 0 Å². The number of esters is 1. The van der Waals surface area contributed by atoms with Gasteiger partial charge in [0.2, 0.25) is 0 Å². The molecule has 0 rings (SSSR count). The lowest BCUT2D eigenvalue weighted by Gasteiger charge is -2.30. The van der Waals surface area contributed by atoms with E-state index in [1.807, 2.05) is 166 Å². The molecule has 0 fully saturated rings. The Morgan fingerprint density at radius 2 is 0.426 bits per heavy atom. The molecule has 0 aliphatic rings. The summed E-state index contributed by atoms with van der Waals surface area (Å²) in [7, 11) is -4.77. The van der Waals surface area contributed by atoms with E-state index in [1.165, 1.54) is 6.92 Å². The zero-order chi connectivity index (χ0) is 83.4. The van der Waals surface area contributed by atoms with Gasteiger partial charge in [-0.25, -0.2) is 32.0 Å². The first kappa shape index (κ1) is 111. The number of rotatable bonds is 67. The van der Waals surface area contributed by atoms with Gasteiger partial charge in [0.15, 0.2) is 0 Å². The van der Waals surface area contributed by atoms with Gasteiger partial charge in [0.25, 0.3) is 0 Å². The summed E-state index contributed by atoms with van der Waals surface area (Å²) in [5.41, 5.74) is 0. The average Bonchev–Trinajstić information content (AvgIpc) is 0.837. The fourth-order valence-electron chi connectivity index (χ4n) is 11.2. The highest BCUT2D eigenvalue weighted by atomic mass is 32.7. The number of ether oxygens (including phenoxy) is 1. The molecule has 0 aromatic heterocycles. The fraction of sp³-hybridized carbons (Fsp3) is 0.986. The van der Waals surface area contributed by atoms with Crippen LogP contribution < -0.4 is 0 Å². The van der Waals surface area contributed by atoms with Crippen LogP contribution in [-0.4, -0.2) is 139 Å². The Balaban J connectivity index is 7.75. The van der Waals surface area contributed by atoms with Gasteiger partial charge in [0, 0.05) is 34.5 Å². The predicted octanol–water partition coefficient (Wildman–Crippen LogP) is 27.2. The van der Waals surface area contributed by atoms with Crippen molar-refractivity contribution in [3.05, 3.63) is 0 Å². The Morgan fingerprint density at radius 3 is 0.620 bits per heavy atom. The summed E-state index contributed by atoms with van der Waals surface area (Å²) >= 11 is 5.15. The minimum absolute atomic E-state index is 0.00989. The minimum atomic E-state index is -4.77. The molecule has 37 heteroatoms. The van der Waals surface area contributed by atoms with E-state index in [-0.39, 0.29) is 94.9 Å². The zero-order valence-electron chi connectivity index (χ0n) is 71.6. The number of carbonyl (C=O) groups is 1. The van der Waals surface area contributed by atoms with E-state index < -0.39 is 147 Å². The van der Waals surface area contributed by atoms with Crippen LogP contribution in [0.25, 0.3) is 0 Å². The lowest BCUT2D eigenvalue weighted by Crippen LogP contribution is -2.22. The summed E-state index contributed by atoms with van der Waals surface area (Å²) in [6, 6.07) is 0. The van der Waals surface area contributed by atoms with Crippen LogP contribution in [0.5, 0.6) is 0 Å². The zero-order valence-corrected chi connectivity index (χ0v) is 82.8. The SMILES string of the molecule is CCOC(=O)CCSP(=O)(OC(C)COP(=O)(OC(C)CSP(=O)(OC(C)CC(C)C)OC(C)CC(C)C)OC(C)CSP(=O)(OC(C)CC(C)C)OC(C)CC(C)C)OC(C)CSP(=O)(OC(C)CSP(=O)(OC(C)CC(C)C)OC(C)CC(C)C)OC(C)CSP(=O)(OC(C)CC(C)C)OC(C)CC(C)C. The third-order valence-corrected chi connectivity index (χ3v) is 40.5. The van der Waals surface area contributed by atoms with Crippen molar-refractivity contribution in [3.63, 3.8) is 0 Å². The number of hydrogen-bond acceptors (Lipinski definition) is 30. The molecular weight excluding hydrogens is 1650 g/mol. The molecule has 0 aliphatic heterocycles. The second kappa shape index (κ2) is 55.5. The van der Waals surface area contributed by atoms with Crippen molar-refractivity contribution in [1.29, 1.82) is 0 Å². The highest BCUT2D eigenvalue weighted by Crippen LogP contribution is 2.70. The van der Waals surface area contributed by atoms with E-state index >= 15 is 13.7 Å². The van der Waals surface area contributed by atoms with Crippen molar-refractivity contribution in [2.24, 2.45) is 47.3 Å². The highest BCUT2D eigenvalue weighted by molar-refractivity contribution is 8.57. The molecule has 108 heavy (non-hydrogen) atoms. The number of phosphoric ester groups is 1. The third-order valence-electron chi connectivity index (χ3n) is 14.4. The number of hydrogen-bond donors (Lipinski definition) is 0. The van der Waals surface area contributed by atoms with E-state index in [1.54, 1.807) is 41.5 Å². The number of phosphoric acid groups is 1. The predicted molar refractivity (Wildman–Crippen MR) is 458 cm³/mol. The molecule has 648 valence electrons. The van der Waals surface area contributed by atoms with Crippen LogP contribution in [0.1, 0.15) is 272 Å². The molecule has 0 saturated carbocycles. The van der Waals surface area contributed by atoms with Crippen molar-refractivity contribution in [2.45, 2.75) is 358 Å². The van der Waals surface area contributed by atoms with Crippen molar-refractivity contribution < 1.29 is 109 Å².